The van der Waals surface area contributed by atoms with Gasteiger partial charge in [-0.15, -0.1) is 0 Å². The van der Waals surface area contributed by atoms with Gasteiger partial charge in [-0.2, -0.15) is 0 Å². The van der Waals surface area contributed by atoms with E-state index in [1.54, 1.807) is 13.0 Å². The summed E-state index contributed by atoms with van der Waals surface area (Å²) in [5, 5.41) is 5.72. The predicted octanol–water partition coefficient (Wildman–Crippen LogP) is 3.59. The molecule has 0 radical (unpaired) electrons. The fourth-order valence-electron chi connectivity index (χ4n) is 2.79. The normalized spacial score (nSPS) is 16.7. The number of amides is 2. The van der Waals surface area contributed by atoms with Crippen molar-refractivity contribution in [2.24, 2.45) is 0 Å². The molecule has 2 rings (SSSR count). The molecule has 0 aromatic heterocycles. The molecular weight excluding hydrogens is 383 g/mol. The van der Waals surface area contributed by atoms with Crippen LogP contribution >= 0.6 is 23.2 Å². The minimum absolute atomic E-state index is 0.145. The second kappa shape index (κ2) is 8.51. The van der Waals surface area contributed by atoms with Crippen LogP contribution in [0.4, 0.5) is 4.79 Å². The molecule has 1 atom stereocenters. The topological polar surface area (TPSA) is 85.9 Å². The summed E-state index contributed by atoms with van der Waals surface area (Å²) in [7, 11) is 2.85. The molecule has 1 aliphatic rings. The number of nitrogens with one attached hydrogen (secondary N) is 2. The number of hydrogen-bond donors (Lipinski definition) is 2. The highest BCUT2D eigenvalue weighted by Crippen LogP contribution is 2.46. The van der Waals surface area contributed by atoms with E-state index in [2.05, 4.69) is 10.6 Å². The van der Waals surface area contributed by atoms with Crippen LogP contribution in [0.3, 0.4) is 0 Å². The highest BCUT2D eigenvalue weighted by Gasteiger charge is 2.36. The molecule has 7 nitrogen and oxygen atoms in total. The zero-order valence-electron chi connectivity index (χ0n) is 14.9. The summed E-state index contributed by atoms with van der Waals surface area (Å²) in [5.41, 5.74) is 1.15. The first kappa shape index (κ1) is 20.2. The van der Waals surface area contributed by atoms with Crippen LogP contribution in [0.25, 0.3) is 0 Å². The molecule has 1 heterocycles. The third kappa shape index (κ3) is 3.68. The Labute approximate surface area is 161 Å². The van der Waals surface area contributed by atoms with E-state index >= 15 is 0 Å². The van der Waals surface area contributed by atoms with Crippen molar-refractivity contribution in [3.63, 3.8) is 0 Å². The molecule has 0 saturated carbocycles. The number of allylic oxidation sites excluding steroid dienone is 1. The van der Waals surface area contributed by atoms with Gasteiger partial charge in [-0.1, -0.05) is 30.1 Å². The number of methoxy groups -OCH3 is 2. The molecule has 1 aromatic carbocycles. The second-order valence-electron chi connectivity index (χ2n) is 5.33. The zero-order chi connectivity index (χ0) is 19.4. The van der Waals surface area contributed by atoms with Gasteiger partial charge >= 0.3 is 12.0 Å². The lowest BCUT2D eigenvalue weighted by molar-refractivity contribution is -0.139. The largest absolute Gasteiger partial charge is 0.495 e. The number of ether oxygens (including phenoxy) is 3. The van der Waals surface area contributed by atoms with Gasteiger partial charge in [-0.25, -0.2) is 9.59 Å². The number of carbonyl (C=O) groups excluding carboxylic acids is 2. The average molecular weight is 403 g/mol. The van der Waals surface area contributed by atoms with E-state index in [1.807, 2.05) is 6.92 Å². The SMILES string of the molecule is CCOC(=O)C1=C(CC)NC(=O)NC1c1cc(Cl)c(OC)c(Cl)c1OC. The Bertz CT molecular complexity index is 764. The maximum Gasteiger partial charge on any atom is 0.338 e. The predicted molar refractivity (Wildman–Crippen MR) is 97.9 cm³/mol. The minimum Gasteiger partial charge on any atom is -0.495 e. The lowest BCUT2D eigenvalue weighted by atomic mass is 9.93. The number of rotatable bonds is 6. The Hall–Kier alpha value is -2.12. The summed E-state index contributed by atoms with van der Waals surface area (Å²) in [6.45, 7) is 3.72. The van der Waals surface area contributed by atoms with Gasteiger partial charge in [0.2, 0.25) is 0 Å². The molecule has 1 unspecified atom stereocenters. The summed E-state index contributed by atoms with van der Waals surface area (Å²) < 4.78 is 15.8. The molecule has 142 valence electrons. The van der Waals surface area contributed by atoms with Crippen LogP contribution in [0.15, 0.2) is 17.3 Å². The van der Waals surface area contributed by atoms with Crippen molar-refractivity contribution in [3.8, 4) is 11.5 Å². The molecule has 1 aromatic rings. The molecular formula is C17H20Cl2N2O5. The van der Waals surface area contributed by atoms with Crippen molar-refractivity contribution in [2.45, 2.75) is 26.3 Å². The molecule has 0 aliphatic carbocycles. The number of hydrogen-bond acceptors (Lipinski definition) is 5. The van der Waals surface area contributed by atoms with Gasteiger partial charge in [0.05, 0.1) is 37.5 Å². The van der Waals surface area contributed by atoms with E-state index in [9.17, 15) is 9.59 Å². The van der Waals surface area contributed by atoms with E-state index in [1.165, 1.54) is 14.2 Å². The second-order valence-corrected chi connectivity index (χ2v) is 6.11. The number of halogens is 2. The molecule has 0 spiro atoms. The van der Waals surface area contributed by atoms with Crippen LogP contribution in [0.1, 0.15) is 31.9 Å². The minimum atomic E-state index is -0.839. The van der Waals surface area contributed by atoms with Crippen molar-refractivity contribution in [1.82, 2.24) is 10.6 Å². The maximum atomic E-state index is 12.5. The standard InChI is InChI=1S/C17H20Cl2N2O5/c1-5-10-11(16(22)26-6-2)13(21-17(23)20-10)8-7-9(18)15(25-4)12(19)14(8)24-3/h7,13H,5-6H2,1-4H3,(H2,20,21,23). The van der Waals surface area contributed by atoms with Gasteiger partial charge < -0.3 is 24.8 Å². The van der Waals surface area contributed by atoms with Crippen molar-refractivity contribution >= 4 is 35.2 Å². The Morgan fingerprint density at radius 1 is 1.19 bits per heavy atom. The van der Waals surface area contributed by atoms with Gasteiger partial charge in [0.1, 0.15) is 10.8 Å². The number of benzene rings is 1. The highest BCUT2D eigenvalue weighted by atomic mass is 35.5. The summed E-state index contributed by atoms with van der Waals surface area (Å²) in [5.74, 6) is -0.0593. The van der Waals surface area contributed by atoms with Crippen LogP contribution in [-0.2, 0) is 9.53 Å². The number of urea groups is 1. The van der Waals surface area contributed by atoms with Crippen molar-refractivity contribution in [2.75, 3.05) is 20.8 Å². The fraction of sp³-hybridized carbons (Fsp3) is 0.412. The van der Waals surface area contributed by atoms with E-state index < -0.39 is 18.0 Å². The average Bonchev–Trinajstić information content (AvgIpc) is 2.60. The molecule has 9 heteroatoms. The first-order valence-electron chi connectivity index (χ1n) is 7.96. The van der Waals surface area contributed by atoms with Crippen molar-refractivity contribution < 1.29 is 23.8 Å². The first-order chi connectivity index (χ1) is 12.4. The smallest absolute Gasteiger partial charge is 0.338 e. The van der Waals surface area contributed by atoms with Gasteiger partial charge in [-0.05, 0) is 19.4 Å². The summed E-state index contributed by atoms with van der Waals surface area (Å²) in [6, 6.07) is 0.257. The maximum absolute atomic E-state index is 12.5. The van der Waals surface area contributed by atoms with Crippen LogP contribution in [-0.4, -0.2) is 32.8 Å². The van der Waals surface area contributed by atoms with Crippen LogP contribution < -0.4 is 20.1 Å². The highest BCUT2D eigenvalue weighted by molar-refractivity contribution is 6.38. The molecule has 2 amide bonds. The Kier molecular flexibility index (Phi) is 6.61. The van der Waals surface area contributed by atoms with Gasteiger partial charge in [0.25, 0.3) is 0 Å². The summed E-state index contributed by atoms with van der Waals surface area (Å²) in [4.78, 5) is 24.6. The van der Waals surface area contributed by atoms with Crippen LogP contribution in [0.5, 0.6) is 11.5 Å². The van der Waals surface area contributed by atoms with E-state index in [0.717, 1.165) is 0 Å². The fourth-order valence-corrected chi connectivity index (χ4v) is 3.49. The molecule has 2 N–H and O–H groups in total. The van der Waals surface area contributed by atoms with Crippen LogP contribution in [0.2, 0.25) is 10.0 Å². The molecule has 1 aliphatic heterocycles. The molecule has 0 saturated heterocycles. The third-order valence-corrected chi connectivity index (χ3v) is 4.51. The number of esters is 1. The molecule has 26 heavy (non-hydrogen) atoms. The van der Waals surface area contributed by atoms with Gasteiger partial charge in [-0.3, -0.25) is 0 Å². The van der Waals surface area contributed by atoms with E-state index in [-0.39, 0.29) is 33.7 Å². The molecule has 0 fully saturated rings. The third-order valence-electron chi connectivity index (χ3n) is 3.88. The van der Waals surface area contributed by atoms with Crippen LogP contribution in [0, 0.1) is 0 Å². The Morgan fingerprint density at radius 3 is 2.38 bits per heavy atom. The lowest BCUT2D eigenvalue weighted by Crippen LogP contribution is -2.46. The lowest BCUT2D eigenvalue weighted by Gasteiger charge is -2.30. The first-order valence-corrected chi connectivity index (χ1v) is 8.72. The Balaban J connectivity index is 2.71. The quantitative estimate of drug-likeness (QED) is 0.709. The molecule has 0 bridgehead atoms. The van der Waals surface area contributed by atoms with Gasteiger partial charge in [0, 0.05) is 11.3 Å². The number of carbonyl (C=O) groups is 2. The van der Waals surface area contributed by atoms with Crippen molar-refractivity contribution in [1.29, 1.82) is 0 Å². The Morgan fingerprint density at radius 2 is 1.85 bits per heavy atom. The zero-order valence-corrected chi connectivity index (χ0v) is 16.4. The monoisotopic (exact) mass is 402 g/mol. The van der Waals surface area contributed by atoms with E-state index in [0.29, 0.717) is 17.7 Å². The summed E-state index contributed by atoms with van der Waals surface area (Å²) >= 11 is 12.6. The van der Waals surface area contributed by atoms with Crippen molar-refractivity contribution in [3.05, 3.63) is 32.9 Å². The van der Waals surface area contributed by atoms with Gasteiger partial charge in [0.15, 0.2) is 5.75 Å². The van der Waals surface area contributed by atoms with E-state index in [4.69, 9.17) is 37.4 Å². The summed E-state index contributed by atoms with van der Waals surface area (Å²) in [6.07, 6.45) is 0.429.